The minimum absolute atomic E-state index is 0.271. The van der Waals surface area contributed by atoms with Crippen LogP contribution in [0.25, 0.3) is 0 Å². The molecule has 0 aromatic heterocycles. The molecule has 0 bridgehead atoms. The molecule has 5 saturated carbocycles. The zero-order chi connectivity index (χ0) is 27.0. The van der Waals surface area contributed by atoms with Crippen LogP contribution in [0.4, 0.5) is 0 Å². The molecule has 1 aromatic carbocycles. The number of aryl methyl sites for hydroxylation is 1. The van der Waals surface area contributed by atoms with Crippen molar-refractivity contribution in [3.63, 3.8) is 0 Å². The van der Waals surface area contributed by atoms with Crippen LogP contribution in [0, 0.1) is 64.6 Å². The monoisotopic (exact) mass is 536 g/mol. The molecular weight excluding hydrogens is 484 g/mol. The molecule has 0 heterocycles. The number of benzene rings is 1. The molecular formula is C35H52O2S. The van der Waals surface area contributed by atoms with Crippen LogP contribution < -0.4 is 0 Å². The average Bonchev–Trinajstić information content (AvgIpc) is 3.39. The summed E-state index contributed by atoms with van der Waals surface area (Å²) in [5.74, 6) is 4.68. The zero-order valence-corrected chi connectivity index (χ0v) is 25.8. The number of aliphatic hydroxyl groups is 1. The molecule has 5 aliphatic rings. The lowest BCUT2D eigenvalue weighted by Crippen LogP contribution is -2.57. The number of methoxy groups -OCH3 is 1. The molecule has 2 nitrogen and oxygen atoms in total. The van der Waals surface area contributed by atoms with E-state index in [9.17, 15) is 5.11 Å². The van der Waals surface area contributed by atoms with E-state index in [1.165, 1.54) is 61.8 Å². The minimum atomic E-state index is -0.400. The first-order chi connectivity index (χ1) is 18.0. The Balaban J connectivity index is 1.23. The van der Waals surface area contributed by atoms with Gasteiger partial charge >= 0.3 is 0 Å². The normalized spacial score (nSPS) is 45.2. The zero-order valence-electron chi connectivity index (χ0n) is 25.0. The van der Waals surface area contributed by atoms with Crippen LogP contribution in [0.5, 0.6) is 0 Å². The molecule has 1 aromatic rings. The molecule has 5 fully saturated rings. The average molecular weight is 537 g/mol. The first-order valence-electron chi connectivity index (χ1n) is 15.7. The number of allylic oxidation sites excluding steroid dienone is 1. The Bertz CT molecular complexity index is 1060. The van der Waals surface area contributed by atoms with Gasteiger partial charge in [0, 0.05) is 22.3 Å². The second-order valence-electron chi connectivity index (χ2n) is 15.0. The first kappa shape index (κ1) is 27.4. The number of rotatable bonds is 7. The molecule has 1 spiro atoms. The number of thioether (sulfide) groups is 1. The highest BCUT2D eigenvalue weighted by Crippen LogP contribution is 2.82. The largest absolute Gasteiger partial charge is 0.388 e. The van der Waals surface area contributed by atoms with E-state index in [-0.39, 0.29) is 5.92 Å². The van der Waals surface area contributed by atoms with E-state index in [2.05, 4.69) is 71.9 Å². The van der Waals surface area contributed by atoms with Crippen molar-refractivity contribution in [3.05, 3.63) is 40.8 Å². The molecule has 0 unspecified atom stereocenters. The molecule has 0 amide bonds. The lowest BCUT2D eigenvalue weighted by molar-refractivity contribution is -0.162. The maximum absolute atomic E-state index is 11.9. The highest BCUT2D eigenvalue weighted by atomic mass is 32.2. The lowest BCUT2D eigenvalue weighted by Gasteiger charge is -2.61. The molecule has 1 N–H and O–H groups in total. The van der Waals surface area contributed by atoms with E-state index in [1.54, 1.807) is 11.8 Å². The van der Waals surface area contributed by atoms with Crippen LogP contribution in [-0.4, -0.2) is 24.4 Å². The van der Waals surface area contributed by atoms with Gasteiger partial charge in [-0.25, -0.2) is 0 Å². The molecule has 5 aliphatic carbocycles. The third kappa shape index (κ3) is 3.95. The summed E-state index contributed by atoms with van der Waals surface area (Å²) in [7, 11) is 2.00. The quantitative estimate of drug-likeness (QED) is 0.353. The van der Waals surface area contributed by atoms with Crippen LogP contribution in [0.15, 0.2) is 40.1 Å². The van der Waals surface area contributed by atoms with Crippen LogP contribution >= 0.6 is 11.8 Å². The molecule has 0 radical (unpaired) electrons. The van der Waals surface area contributed by atoms with Gasteiger partial charge in [0.2, 0.25) is 0 Å². The fourth-order valence-corrected chi connectivity index (χ4v) is 12.4. The summed E-state index contributed by atoms with van der Waals surface area (Å²) in [6, 6.07) is 8.77. The van der Waals surface area contributed by atoms with Crippen molar-refractivity contribution in [1.29, 1.82) is 0 Å². The van der Waals surface area contributed by atoms with E-state index in [1.807, 2.05) is 7.11 Å². The summed E-state index contributed by atoms with van der Waals surface area (Å²) in [5.41, 5.74) is 2.61. The van der Waals surface area contributed by atoms with Crippen LogP contribution in [0.3, 0.4) is 0 Å². The predicted molar refractivity (Wildman–Crippen MR) is 159 cm³/mol. The SMILES string of the molecule is CO[C@@H]1C[C@H]2[C@@H]3CC[C@H]([C@H](C)[C@@H](O)/C(=C\C(C)C)Sc4ccc(C)cc4)[C@@]3(C)CC[C@@H]2[C@@]2(C)CC[C@@H]3C[C@]312. The highest BCUT2D eigenvalue weighted by Gasteiger charge is 2.77. The summed E-state index contributed by atoms with van der Waals surface area (Å²) in [4.78, 5) is 2.38. The Morgan fingerprint density at radius 1 is 1.03 bits per heavy atom. The van der Waals surface area contributed by atoms with Crippen molar-refractivity contribution in [2.75, 3.05) is 7.11 Å². The fourth-order valence-electron chi connectivity index (χ4n) is 11.2. The van der Waals surface area contributed by atoms with Gasteiger partial charge in [0.05, 0.1) is 12.2 Å². The Morgan fingerprint density at radius 3 is 2.42 bits per heavy atom. The predicted octanol–water partition coefficient (Wildman–Crippen LogP) is 8.91. The van der Waals surface area contributed by atoms with Gasteiger partial charge in [0.25, 0.3) is 0 Å². The molecule has 11 atom stereocenters. The van der Waals surface area contributed by atoms with Gasteiger partial charge in [-0.2, -0.15) is 0 Å². The molecule has 0 saturated heterocycles. The van der Waals surface area contributed by atoms with Crippen molar-refractivity contribution in [2.24, 2.45) is 57.7 Å². The van der Waals surface area contributed by atoms with Crippen LogP contribution in [0.1, 0.15) is 91.5 Å². The summed E-state index contributed by atoms with van der Waals surface area (Å²) < 4.78 is 6.34. The van der Waals surface area contributed by atoms with E-state index in [4.69, 9.17) is 4.74 Å². The minimum Gasteiger partial charge on any atom is -0.388 e. The first-order valence-corrected chi connectivity index (χ1v) is 16.5. The van der Waals surface area contributed by atoms with E-state index < -0.39 is 6.10 Å². The lowest BCUT2D eigenvalue weighted by atomic mass is 9.45. The van der Waals surface area contributed by atoms with E-state index >= 15 is 0 Å². The van der Waals surface area contributed by atoms with Gasteiger partial charge in [-0.05, 0) is 123 Å². The summed E-state index contributed by atoms with van der Waals surface area (Å²) >= 11 is 1.78. The maximum atomic E-state index is 11.9. The Labute approximate surface area is 236 Å². The Hall–Kier alpha value is -0.770. The van der Waals surface area contributed by atoms with Crippen LogP contribution in [-0.2, 0) is 4.74 Å². The van der Waals surface area contributed by atoms with Gasteiger partial charge in [-0.3, -0.25) is 0 Å². The molecule has 210 valence electrons. The van der Waals surface area contributed by atoms with E-state index in [0.717, 1.165) is 28.6 Å². The van der Waals surface area contributed by atoms with Crippen molar-refractivity contribution >= 4 is 11.8 Å². The van der Waals surface area contributed by atoms with Crippen molar-refractivity contribution < 1.29 is 9.84 Å². The number of fused-ring (bicyclic) bond motifs is 4. The van der Waals surface area contributed by atoms with Gasteiger partial charge in [-0.1, -0.05) is 70.2 Å². The Morgan fingerprint density at radius 2 is 1.76 bits per heavy atom. The smallest absolute Gasteiger partial charge is 0.0877 e. The second-order valence-corrected chi connectivity index (χ2v) is 16.1. The maximum Gasteiger partial charge on any atom is 0.0877 e. The summed E-state index contributed by atoms with van der Waals surface area (Å²) in [6.07, 6.45) is 13.3. The third-order valence-corrected chi connectivity index (χ3v) is 14.2. The highest BCUT2D eigenvalue weighted by molar-refractivity contribution is 8.03. The summed E-state index contributed by atoms with van der Waals surface area (Å²) in [5, 5.41) is 11.9. The molecule has 0 aliphatic heterocycles. The van der Waals surface area contributed by atoms with Gasteiger partial charge in [-0.15, -0.1) is 0 Å². The van der Waals surface area contributed by atoms with Gasteiger partial charge in [0.15, 0.2) is 0 Å². The van der Waals surface area contributed by atoms with Crippen LogP contribution in [0.2, 0.25) is 0 Å². The number of hydrogen-bond acceptors (Lipinski definition) is 3. The Kier molecular flexibility index (Phi) is 6.97. The molecule has 3 heteroatoms. The van der Waals surface area contributed by atoms with Crippen molar-refractivity contribution in [1.82, 2.24) is 0 Å². The van der Waals surface area contributed by atoms with Gasteiger partial charge in [0.1, 0.15) is 0 Å². The second kappa shape index (κ2) is 9.66. The number of ether oxygens (including phenoxy) is 1. The van der Waals surface area contributed by atoms with Crippen molar-refractivity contribution in [2.45, 2.75) is 110 Å². The number of hydrogen-bond donors (Lipinski definition) is 1. The molecule has 6 rings (SSSR count). The third-order valence-electron chi connectivity index (χ3n) is 13.1. The standard InChI is InChI=1S/C35H52O2S/c1-21(2)18-30(38-25-10-8-22(3)9-11-25)32(36)23(4)27-12-13-28-26-19-31(37-7)35-20-24(35)14-17-34(35,6)29(26)15-16-33(27,28)5/h8-11,18,21,23-24,26-29,31-32,36H,12-17,19-20H2,1-7H3/b30-18+/t23-,24+,26-,27+,28-,29-,31+,32+,33+,34+,35-/m0/s1. The number of aliphatic hydroxyl groups excluding tert-OH is 1. The topological polar surface area (TPSA) is 29.5 Å². The van der Waals surface area contributed by atoms with Gasteiger partial charge < -0.3 is 9.84 Å². The summed E-state index contributed by atoms with van der Waals surface area (Å²) in [6.45, 7) is 14.3. The van der Waals surface area contributed by atoms with E-state index in [0.29, 0.717) is 34.2 Å². The molecule has 38 heavy (non-hydrogen) atoms. The fraction of sp³-hybridized carbons (Fsp3) is 0.771. The van der Waals surface area contributed by atoms with Crippen molar-refractivity contribution in [3.8, 4) is 0 Å².